The Kier molecular flexibility index (Phi) is 3.04. The third kappa shape index (κ3) is 1.99. The minimum Gasteiger partial charge on any atom is -0.341 e. The molecule has 5 heteroatoms. The molecule has 0 saturated carbocycles. The van der Waals surface area contributed by atoms with Gasteiger partial charge in [0.25, 0.3) is 11.8 Å². The Morgan fingerprint density at radius 3 is 2.15 bits per heavy atom. The van der Waals surface area contributed by atoms with Crippen LogP contribution in [0, 0.1) is 5.92 Å². The Morgan fingerprint density at radius 2 is 1.65 bits per heavy atom. The van der Waals surface area contributed by atoms with E-state index in [2.05, 4.69) is 0 Å². The molecule has 2 aliphatic rings. The Hall–Kier alpha value is -2.17. The van der Waals surface area contributed by atoms with Gasteiger partial charge in [-0.15, -0.1) is 0 Å². The van der Waals surface area contributed by atoms with E-state index >= 15 is 0 Å². The number of amides is 3. The maximum absolute atomic E-state index is 12.2. The number of rotatable bonds is 3. The van der Waals surface area contributed by atoms with Crippen LogP contribution in [-0.4, -0.2) is 47.2 Å². The fourth-order valence-electron chi connectivity index (χ4n) is 2.85. The fraction of sp³-hybridized carbons (Fsp3) is 0.400. The van der Waals surface area contributed by atoms with Crippen LogP contribution in [0.25, 0.3) is 0 Å². The van der Waals surface area contributed by atoms with E-state index in [4.69, 9.17) is 0 Å². The Bertz CT molecular complexity index is 562. The van der Waals surface area contributed by atoms with Crippen LogP contribution < -0.4 is 0 Å². The van der Waals surface area contributed by atoms with Crippen LogP contribution in [0.2, 0.25) is 0 Å². The van der Waals surface area contributed by atoms with E-state index in [9.17, 15) is 14.4 Å². The van der Waals surface area contributed by atoms with Gasteiger partial charge in [0.15, 0.2) is 0 Å². The van der Waals surface area contributed by atoms with Gasteiger partial charge < -0.3 is 4.90 Å². The zero-order valence-corrected chi connectivity index (χ0v) is 11.3. The number of carbonyl (C=O) groups excluding carboxylic acids is 3. The highest BCUT2D eigenvalue weighted by Crippen LogP contribution is 2.23. The van der Waals surface area contributed by atoms with Crippen LogP contribution in [0.1, 0.15) is 34.1 Å². The SMILES string of the molecule is C[C@H]1CC(=O)N(CCN2C(=O)c3ccccc3C2=O)C1. The molecule has 0 aromatic heterocycles. The van der Waals surface area contributed by atoms with Gasteiger partial charge in [0.2, 0.25) is 5.91 Å². The summed E-state index contributed by atoms with van der Waals surface area (Å²) in [4.78, 5) is 39.0. The molecule has 1 aromatic carbocycles. The van der Waals surface area contributed by atoms with E-state index in [0.29, 0.717) is 36.6 Å². The van der Waals surface area contributed by atoms with Crippen LogP contribution in [0.5, 0.6) is 0 Å². The third-order valence-electron chi connectivity index (χ3n) is 3.88. The third-order valence-corrected chi connectivity index (χ3v) is 3.88. The molecule has 1 saturated heterocycles. The van der Waals surface area contributed by atoms with Gasteiger partial charge in [0, 0.05) is 26.1 Å². The van der Waals surface area contributed by atoms with Crippen LogP contribution >= 0.6 is 0 Å². The van der Waals surface area contributed by atoms with Crippen LogP contribution in [0.15, 0.2) is 24.3 Å². The van der Waals surface area contributed by atoms with E-state index in [1.54, 1.807) is 29.2 Å². The summed E-state index contributed by atoms with van der Waals surface area (Å²) in [5, 5.41) is 0. The molecule has 0 aliphatic carbocycles. The number of nitrogens with zero attached hydrogens (tertiary/aromatic N) is 2. The van der Waals surface area contributed by atoms with Crippen molar-refractivity contribution in [2.24, 2.45) is 5.92 Å². The van der Waals surface area contributed by atoms with Gasteiger partial charge in [-0.3, -0.25) is 19.3 Å². The average molecular weight is 272 g/mol. The van der Waals surface area contributed by atoms with Crippen LogP contribution in [-0.2, 0) is 4.79 Å². The highest BCUT2D eigenvalue weighted by Gasteiger charge is 2.36. The maximum atomic E-state index is 12.2. The summed E-state index contributed by atoms with van der Waals surface area (Å²) in [6.07, 6.45) is 0.558. The molecule has 1 fully saturated rings. The van der Waals surface area contributed by atoms with Gasteiger partial charge in [-0.05, 0) is 18.1 Å². The molecule has 3 amide bonds. The zero-order valence-electron chi connectivity index (χ0n) is 11.3. The van der Waals surface area contributed by atoms with Crippen molar-refractivity contribution in [2.75, 3.05) is 19.6 Å². The van der Waals surface area contributed by atoms with Crippen molar-refractivity contribution in [3.8, 4) is 0 Å². The van der Waals surface area contributed by atoms with Gasteiger partial charge in [0.1, 0.15) is 0 Å². The van der Waals surface area contributed by atoms with Gasteiger partial charge in [-0.2, -0.15) is 0 Å². The lowest BCUT2D eigenvalue weighted by atomic mass is 10.1. The topological polar surface area (TPSA) is 57.7 Å². The molecule has 2 aliphatic heterocycles. The Labute approximate surface area is 117 Å². The summed E-state index contributed by atoms with van der Waals surface area (Å²) in [6.45, 7) is 3.43. The smallest absolute Gasteiger partial charge is 0.261 e. The highest BCUT2D eigenvalue weighted by molar-refractivity contribution is 6.21. The quantitative estimate of drug-likeness (QED) is 0.776. The zero-order chi connectivity index (χ0) is 14.3. The predicted molar refractivity (Wildman–Crippen MR) is 72.2 cm³/mol. The molecule has 0 N–H and O–H groups in total. The number of benzene rings is 1. The lowest BCUT2D eigenvalue weighted by Crippen LogP contribution is -2.38. The summed E-state index contributed by atoms with van der Waals surface area (Å²) in [5.74, 6) is -0.0608. The van der Waals surface area contributed by atoms with E-state index in [0.717, 1.165) is 0 Å². The lowest BCUT2D eigenvalue weighted by Gasteiger charge is -2.20. The molecule has 3 rings (SSSR count). The van der Waals surface area contributed by atoms with Crippen molar-refractivity contribution < 1.29 is 14.4 Å². The summed E-state index contributed by atoms with van der Waals surface area (Å²) in [6, 6.07) is 6.83. The van der Waals surface area contributed by atoms with E-state index in [-0.39, 0.29) is 24.3 Å². The molecule has 5 nitrogen and oxygen atoms in total. The first kappa shape index (κ1) is 12.8. The van der Waals surface area contributed by atoms with E-state index in [1.807, 2.05) is 6.92 Å². The molecule has 20 heavy (non-hydrogen) atoms. The number of hydrogen-bond acceptors (Lipinski definition) is 3. The second kappa shape index (κ2) is 4.74. The number of imide groups is 1. The Morgan fingerprint density at radius 1 is 1.05 bits per heavy atom. The molecule has 1 atom stereocenters. The first-order chi connectivity index (χ1) is 9.58. The molecule has 0 bridgehead atoms. The summed E-state index contributed by atoms with van der Waals surface area (Å²) in [7, 11) is 0. The molecular weight excluding hydrogens is 256 g/mol. The molecular formula is C15H16N2O3. The molecule has 0 radical (unpaired) electrons. The summed E-state index contributed by atoms with van der Waals surface area (Å²) in [5.41, 5.74) is 0.914. The summed E-state index contributed by atoms with van der Waals surface area (Å²) >= 11 is 0. The van der Waals surface area contributed by atoms with Gasteiger partial charge >= 0.3 is 0 Å². The van der Waals surface area contributed by atoms with Crippen molar-refractivity contribution in [1.29, 1.82) is 0 Å². The first-order valence-corrected chi connectivity index (χ1v) is 6.81. The molecule has 1 aromatic rings. The first-order valence-electron chi connectivity index (χ1n) is 6.81. The second-order valence-corrected chi connectivity index (χ2v) is 5.46. The maximum Gasteiger partial charge on any atom is 0.261 e. The number of likely N-dealkylation sites (tertiary alicyclic amines) is 1. The number of hydrogen-bond donors (Lipinski definition) is 0. The molecule has 2 heterocycles. The standard InChI is InChI=1S/C15H16N2O3/c1-10-8-13(18)16(9-10)6-7-17-14(19)11-4-2-3-5-12(11)15(17)20/h2-5,10H,6-9H2,1H3/t10-/m0/s1. The van der Waals surface area contributed by atoms with Gasteiger partial charge in [-0.25, -0.2) is 0 Å². The predicted octanol–water partition coefficient (Wildman–Crippen LogP) is 1.15. The fourth-order valence-corrected chi connectivity index (χ4v) is 2.85. The monoisotopic (exact) mass is 272 g/mol. The van der Waals surface area contributed by atoms with Gasteiger partial charge in [0.05, 0.1) is 11.1 Å². The van der Waals surface area contributed by atoms with E-state index in [1.165, 1.54) is 4.90 Å². The van der Waals surface area contributed by atoms with Gasteiger partial charge in [-0.1, -0.05) is 19.1 Å². The lowest BCUT2D eigenvalue weighted by molar-refractivity contribution is -0.127. The van der Waals surface area contributed by atoms with Crippen molar-refractivity contribution >= 4 is 17.7 Å². The molecule has 0 unspecified atom stereocenters. The molecule has 0 spiro atoms. The highest BCUT2D eigenvalue weighted by atomic mass is 16.2. The van der Waals surface area contributed by atoms with Crippen molar-refractivity contribution in [1.82, 2.24) is 9.80 Å². The summed E-state index contributed by atoms with van der Waals surface area (Å²) < 4.78 is 0. The van der Waals surface area contributed by atoms with Crippen LogP contribution in [0.3, 0.4) is 0 Å². The number of fused-ring (bicyclic) bond motifs is 1. The minimum atomic E-state index is -0.259. The Balaban J connectivity index is 1.70. The van der Waals surface area contributed by atoms with E-state index < -0.39 is 0 Å². The normalized spacial score (nSPS) is 21.9. The minimum absolute atomic E-state index is 0.106. The van der Waals surface area contributed by atoms with Crippen molar-refractivity contribution in [2.45, 2.75) is 13.3 Å². The second-order valence-electron chi connectivity index (χ2n) is 5.46. The van der Waals surface area contributed by atoms with Crippen LogP contribution in [0.4, 0.5) is 0 Å². The molecule has 104 valence electrons. The largest absolute Gasteiger partial charge is 0.341 e. The number of carbonyl (C=O) groups is 3. The average Bonchev–Trinajstić information content (AvgIpc) is 2.87. The van der Waals surface area contributed by atoms with Crippen molar-refractivity contribution in [3.63, 3.8) is 0 Å². The van der Waals surface area contributed by atoms with Crippen molar-refractivity contribution in [3.05, 3.63) is 35.4 Å².